The van der Waals surface area contributed by atoms with E-state index < -0.39 is 0 Å². The van der Waals surface area contributed by atoms with Gasteiger partial charge in [0.05, 0.1) is 17.6 Å². The topological polar surface area (TPSA) is 61.2 Å². The van der Waals surface area contributed by atoms with Crippen molar-refractivity contribution in [3.8, 4) is 0 Å². The number of fused-ring (bicyclic) bond motifs is 1. The SMILES string of the molecule is CC(C)N1CCN(Cc2nc3ccc(N)cc3[nH]2)CC1. The number of rotatable bonds is 3. The van der Waals surface area contributed by atoms with Gasteiger partial charge in [0, 0.05) is 37.9 Å². The van der Waals surface area contributed by atoms with Gasteiger partial charge < -0.3 is 10.7 Å². The molecule has 0 atom stereocenters. The van der Waals surface area contributed by atoms with Crippen LogP contribution in [0.1, 0.15) is 19.7 Å². The van der Waals surface area contributed by atoms with Gasteiger partial charge in [-0.2, -0.15) is 0 Å². The molecule has 0 radical (unpaired) electrons. The summed E-state index contributed by atoms with van der Waals surface area (Å²) in [5.74, 6) is 1.03. The maximum atomic E-state index is 5.80. The van der Waals surface area contributed by atoms with Crippen LogP contribution in [-0.2, 0) is 6.54 Å². The summed E-state index contributed by atoms with van der Waals surface area (Å²) in [5, 5.41) is 0. The second-order valence-electron chi connectivity index (χ2n) is 5.87. The molecule has 1 aliphatic heterocycles. The highest BCUT2D eigenvalue weighted by atomic mass is 15.3. The van der Waals surface area contributed by atoms with Crippen molar-refractivity contribution in [1.29, 1.82) is 0 Å². The zero-order valence-corrected chi connectivity index (χ0v) is 12.3. The van der Waals surface area contributed by atoms with E-state index in [9.17, 15) is 0 Å². The van der Waals surface area contributed by atoms with Gasteiger partial charge in [-0.3, -0.25) is 9.80 Å². The number of imidazole rings is 1. The lowest BCUT2D eigenvalue weighted by Crippen LogP contribution is -2.48. The predicted molar refractivity (Wildman–Crippen MR) is 82.5 cm³/mol. The summed E-state index contributed by atoms with van der Waals surface area (Å²) < 4.78 is 0. The first-order valence-corrected chi connectivity index (χ1v) is 7.32. The Labute approximate surface area is 119 Å². The molecule has 1 aromatic carbocycles. The van der Waals surface area contributed by atoms with E-state index in [0.717, 1.165) is 55.3 Å². The third-order valence-corrected chi connectivity index (χ3v) is 4.07. The van der Waals surface area contributed by atoms with Crippen LogP contribution in [0.15, 0.2) is 18.2 Å². The third kappa shape index (κ3) is 2.78. The number of hydrogen-bond donors (Lipinski definition) is 2. The van der Waals surface area contributed by atoms with E-state index in [4.69, 9.17) is 5.73 Å². The van der Waals surface area contributed by atoms with Crippen LogP contribution in [-0.4, -0.2) is 52.0 Å². The molecule has 3 rings (SSSR count). The normalized spacial score (nSPS) is 18.1. The average molecular weight is 273 g/mol. The first-order valence-electron chi connectivity index (χ1n) is 7.32. The van der Waals surface area contributed by atoms with Crippen molar-refractivity contribution in [1.82, 2.24) is 19.8 Å². The molecule has 5 nitrogen and oxygen atoms in total. The van der Waals surface area contributed by atoms with Crippen LogP contribution < -0.4 is 5.73 Å². The van der Waals surface area contributed by atoms with Gasteiger partial charge in [0.25, 0.3) is 0 Å². The van der Waals surface area contributed by atoms with Crippen LogP contribution in [0.25, 0.3) is 11.0 Å². The Hall–Kier alpha value is -1.59. The van der Waals surface area contributed by atoms with Crippen LogP contribution in [0.5, 0.6) is 0 Å². The maximum Gasteiger partial charge on any atom is 0.121 e. The van der Waals surface area contributed by atoms with E-state index >= 15 is 0 Å². The molecule has 0 spiro atoms. The van der Waals surface area contributed by atoms with E-state index in [0.29, 0.717) is 6.04 Å². The van der Waals surface area contributed by atoms with Crippen LogP contribution >= 0.6 is 0 Å². The quantitative estimate of drug-likeness (QED) is 0.835. The fraction of sp³-hybridized carbons (Fsp3) is 0.533. The van der Waals surface area contributed by atoms with E-state index in [-0.39, 0.29) is 0 Å². The van der Waals surface area contributed by atoms with E-state index in [1.807, 2.05) is 18.2 Å². The van der Waals surface area contributed by atoms with Gasteiger partial charge in [-0.25, -0.2) is 4.98 Å². The molecular weight excluding hydrogens is 250 g/mol. The third-order valence-electron chi connectivity index (χ3n) is 4.07. The van der Waals surface area contributed by atoms with Crippen molar-refractivity contribution in [2.75, 3.05) is 31.9 Å². The Balaban J connectivity index is 1.65. The molecule has 0 bridgehead atoms. The summed E-state index contributed by atoms with van der Waals surface area (Å²) >= 11 is 0. The second kappa shape index (κ2) is 5.42. The fourth-order valence-corrected chi connectivity index (χ4v) is 2.80. The number of aromatic amines is 1. The number of nitrogen functional groups attached to an aromatic ring is 1. The Morgan fingerprint density at radius 1 is 1.25 bits per heavy atom. The first kappa shape index (κ1) is 13.4. The lowest BCUT2D eigenvalue weighted by Gasteiger charge is -2.36. The zero-order chi connectivity index (χ0) is 14.1. The van der Waals surface area contributed by atoms with Gasteiger partial charge in [0.15, 0.2) is 0 Å². The minimum Gasteiger partial charge on any atom is -0.399 e. The maximum absolute atomic E-state index is 5.80. The van der Waals surface area contributed by atoms with Crippen LogP contribution in [0.4, 0.5) is 5.69 Å². The molecule has 2 heterocycles. The van der Waals surface area contributed by atoms with E-state index in [2.05, 4.69) is 33.6 Å². The van der Waals surface area contributed by atoms with Gasteiger partial charge in [-0.05, 0) is 32.0 Å². The number of nitrogens with two attached hydrogens (primary N) is 1. The highest BCUT2D eigenvalue weighted by molar-refractivity contribution is 5.78. The highest BCUT2D eigenvalue weighted by Gasteiger charge is 2.19. The summed E-state index contributed by atoms with van der Waals surface area (Å²) in [6.45, 7) is 9.92. The van der Waals surface area contributed by atoms with Crippen molar-refractivity contribution in [3.05, 3.63) is 24.0 Å². The van der Waals surface area contributed by atoms with Crippen LogP contribution in [0, 0.1) is 0 Å². The number of nitrogens with zero attached hydrogens (tertiary/aromatic N) is 3. The van der Waals surface area contributed by atoms with Crippen LogP contribution in [0.3, 0.4) is 0 Å². The summed E-state index contributed by atoms with van der Waals surface area (Å²) in [5.41, 5.74) is 8.60. The largest absolute Gasteiger partial charge is 0.399 e. The standard InChI is InChI=1S/C15H23N5/c1-11(2)20-7-5-19(6-8-20)10-15-17-13-4-3-12(16)9-14(13)18-15/h3-4,9,11H,5-8,10,16H2,1-2H3,(H,17,18). The van der Waals surface area contributed by atoms with Crippen molar-refractivity contribution < 1.29 is 0 Å². The van der Waals surface area contributed by atoms with Gasteiger partial charge in [0.1, 0.15) is 5.82 Å². The first-order chi connectivity index (χ1) is 9.61. The minimum absolute atomic E-state index is 0.645. The second-order valence-corrected chi connectivity index (χ2v) is 5.87. The highest BCUT2D eigenvalue weighted by Crippen LogP contribution is 2.16. The minimum atomic E-state index is 0.645. The molecule has 5 heteroatoms. The molecule has 0 unspecified atom stereocenters. The number of aromatic nitrogens is 2. The molecule has 3 N–H and O–H groups in total. The molecule has 0 amide bonds. The van der Waals surface area contributed by atoms with E-state index in [1.165, 1.54) is 0 Å². The summed E-state index contributed by atoms with van der Waals surface area (Å²) in [7, 11) is 0. The number of nitrogens with one attached hydrogen (secondary N) is 1. The molecule has 1 aliphatic rings. The average Bonchev–Trinajstić information content (AvgIpc) is 2.80. The molecule has 0 saturated carbocycles. The molecule has 20 heavy (non-hydrogen) atoms. The molecule has 1 aromatic heterocycles. The summed E-state index contributed by atoms with van der Waals surface area (Å²) in [6, 6.07) is 6.46. The lowest BCUT2D eigenvalue weighted by atomic mass is 10.2. The summed E-state index contributed by atoms with van der Waals surface area (Å²) in [4.78, 5) is 13.0. The molecular formula is C15H23N5. The van der Waals surface area contributed by atoms with Crippen molar-refractivity contribution in [2.24, 2.45) is 0 Å². The Morgan fingerprint density at radius 2 is 2.00 bits per heavy atom. The Kier molecular flexibility index (Phi) is 3.63. The van der Waals surface area contributed by atoms with Gasteiger partial charge in [-0.1, -0.05) is 0 Å². The molecule has 1 fully saturated rings. The fourth-order valence-electron chi connectivity index (χ4n) is 2.80. The molecule has 1 saturated heterocycles. The number of benzene rings is 1. The van der Waals surface area contributed by atoms with Gasteiger partial charge >= 0.3 is 0 Å². The van der Waals surface area contributed by atoms with E-state index in [1.54, 1.807) is 0 Å². The van der Waals surface area contributed by atoms with Crippen molar-refractivity contribution in [3.63, 3.8) is 0 Å². The smallest absolute Gasteiger partial charge is 0.121 e. The van der Waals surface area contributed by atoms with Crippen molar-refractivity contribution >= 4 is 16.7 Å². The molecule has 108 valence electrons. The summed E-state index contributed by atoms with van der Waals surface area (Å²) in [6.07, 6.45) is 0. The van der Waals surface area contributed by atoms with Crippen molar-refractivity contribution in [2.45, 2.75) is 26.4 Å². The van der Waals surface area contributed by atoms with Crippen LogP contribution in [0.2, 0.25) is 0 Å². The predicted octanol–water partition coefficient (Wildman–Crippen LogP) is 1.67. The monoisotopic (exact) mass is 273 g/mol. The van der Waals surface area contributed by atoms with Gasteiger partial charge in [0.2, 0.25) is 0 Å². The number of piperazine rings is 1. The zero-order valence-electron chi connectivity index (χ0n) is 12.3. The number of hydrogen-bond acceptors (Lipinski definition) is 4. The Morgan fingerprint density at radius 3 is 2.70 bits per heavy atom. The molecule has 0 aliphatic carbocycles. The number of anilines is 1. The Bertz CT molecular complexity index is 581. The lowest BCUT2D eigenvalue weighted by molar-refractivity contribution is 0.102. The molecule has 2 aromatic rings. The number of H-pyrrole nitrogens is 1. The van der Waals surface area contributed by atoms with Gasteiger partial charge in [-0.15, -0.1) is 0 Å².